The fourth-order valence-corrected chi connectivity index (χ4v) is 1.02. The van der Waals surface area contributed by atoms with Gasteiger partial charge in [-0.15, -0.1) is 0 Å². The molecule has 1 aromatic heterocycles. The molecule has 7 nitrogen and oxygen atoms in total. The van der Waals surface area contributed by atoms with Gasteiger partial charge in [0.2, 0.25) is 5.95 Å². The second kappa shape index (κ2) is 4.97. The number of anilines is 1. The van der Waals surface area contributed by atoms with E-state index in [9.17, 15) is 36.5 Å². The molecule has 0 aliphatic carbocycles. The highest BCUT2D eigenvalue weighted by Crippen LogP contribution is 2.38. The van der Waals surface area contributed by atoms with Gasteiger partial charge in [0.1, 0.15) is 6.20 Å². The summed E-state index contributed by atoms with van der Waals surface area (Å²) in [5, 5.41) is 10.5. The molecule has 1 heterocycles. The average Bonchev–Trinajstić information content (AvgIpc) is 2.22. The Hall–Kier alpha value is -2.34. The maximum absolute atomic E-state index is 12.2. The third-order valence-electron chi connectivity index (χ3n) is 1.78. The maximum atomic E-state index is 12.2. The molecule has 0 aliphatic rings. The quantitative estimate of drug-likeness (QED) is 0.519. The zero-order valence-corrected chi connectivity index (χ0v) is 9.07. The molecule has 0 spiro atoms. The van der Waals surface area contributed by atoms with Gasteiger partial charge in [-0.1, -0.05) is 0 Å². The molecule has 0 saturated carbocycles. The van der Waals surface area contributed by atoms with E-state index in [2.05, 4.69) is 14.7 Å². The van der Waals surface area contributed by atoms with Crippen molar-refractivity contribution in [2.24, 2.45) is 0 Å². The predicted octanol–water partition coefficient (Wildman–Crippen LogP) is 1.84. The lowest BCUT2D eigenvalue weighted by molar-refractivity contribution is -0.388. The van der Waals surface area contributed by atoms with Gasteiger partial charge in [-0.2, -0.15) is 31.3 Å². The van der Waals surface area contributed by atoms with E-state index in [0.29, 0.717) is 6.20 Å². The van der Waals surface area contributed by atoms with Crippen LogP contribution in [0.3, 0.4) is 0 Å². The SMILES string of the molecule is Nc1ncc([N+](=O)[O-])c(OC(C(F)(F)F)C(F)(F)F)n1. The van der Waals surface area contributed by atoms with Gasteiger partial charge < -0.3 is 10.5 Å². The molecule has 0 fully saturated rings. The second-order valence-corrected chi connectivity index (χ2v) is 3.26. The first-order valence-electron chi connectivity index (χ1n) is 4.50. The Morgan fingerprint density at radius 1 is 1.25 bits per heavy atom. The number of nitrogen functional groups attached to an aromatic ring is 1. The van der Waals surface area contributed by atoms with Gasteiger partial charge in [0.05, 0.1) is 4.92 Å². The maximum Gasteiger partial charge on any atom is 0.434 e. The van der Waals surface area contributed by atoms with Gasteiger partial charge in [-0.05, 0) is 0 Å². The molecular formula is C7H4F6N4O3. The summed E-state index contributed by atoms with van der Waals surface area (Å²) >= 11 is 0. The molecule has 0 aromatic carbocycles. The van der Waals surface area contributed by atoms with Crippen molar-refractivity contribution in [3.63, 3.8) is 0 Å². The van der Waals surface area contributed by atoms with Crippen LogP contribution in [0, 0.1) is 10.1 Å². The lowest BCUT2D eigenvalue weighted by Crippen LogP contribution is -2.46. The molecule has 1 rings (SSSR count). The normalized spacial score (nSPS) is 12.6. The topological polar surface area (TPSA) is 104 Å². The fraction of sp³-hybridized carbons (Fsp3) is 0.429. The molecule has 2 N–H and O–H groups in total. The number of nitrogens with two attached hydrogens (primary N) is 1. The van der Waals surface area contributed by atoms with Crippen LogP contribution < -0.4 is 10.5 Å². The number of hydrogen-bond acceptors (Lipinski definition) is 6. The summed E-state index contributed by atoms with van der Waals surface area (Å²) < 4.78 is 77.1. The van der Waals surface area contributed by atoms with Crippen molar-refractivity contribution in [1.82, 2.24) is 9.97 Å². The molecule has 0 unspecified atom stereocenters. The Kier molecular flexibility index (Phi) is 3.91. The first kappa shape index (κ1) is 15.7. The average molecular weight is 306 g/mol. The Balaban J connectivity index is 3.24. The Morgan fingerprint density at radius 3 is 2.15 bits per heavy atom. The zero-order valence-electron chi connectivity index (χ0n) is 9.07. The van der Waals surface area contributed by atoms with Crippen LogP contribution in [-0.2, 0) is 0 Å². The number of aromatic nitrogens is 2. The van der Waals surface area contributed by atoms with Crippen LogP contribution in [0.15, 0.2) is 6.20 Å². The van der Waals surface area contributed by atoms with E-state index in [4.69, 9.17) is 5.73 Å². The van der Waals surface area contributed by atoms with E-state index in [1.807, 2.05) is 0 Å². The fourth-order valence-electron chi connectivity index (χ4n) is 1.02. The van der Waals surface area contributed by atoms with E-state index in [0.717, 1.165) is 0 Å². The molecule has 112 valence electrons. The summed E-state index contributed by atoms with van der Waals surface area (Å²) in [4.78, 5) is 15.1. The molecule has 20 heavy (non-hydrogen) atoms. The first-order valence-corrected chi connectivity index (χ1v) is 4.50. The van der Waals surface area contributed by atoms with Gasteiger partial charge in [0, 0.05) is 0 Å². The number of halogens is 6. The van der Waals surface area contributed by atoms with Crippen molar-refractivity contribution >= 4 is 11.6 Å². The summed E-state index contributed by atoms with van der Waals surface area (Å²) in [5.74, 6) is -2.31. The predicted molar refractivity (Wildman–Crippen MR) is 49.6 cm³/mol. The van der Waals surface area contributed by atoms with Crippen LogP contribution in [0.1, 0.15) is 0 Å². The number of rotatable bonds is 3. The van der Waals surface area contributed by atoms with Crippen LogP contribution in [0.2, 0.25) is 0 Å². The molecule has 13 heteroatoms. The molecule has 0 amide bonds. The van der Waals surface area contributed by atoms with E-state index in [1.165, 1.54) is 0 Å². The lowest BCUT2D eigenvalue weighted by atomic mass is 10.3. The zero-order chi connectivity index (χ0) is 15.7. The smallest absolute Gasteiger partial charge is 0.434 e. The second-order valence-electron chi connectivity index (χ2n) is 3.26. The molecule has 1 aromatic rings. The van der Waals surface area contributed by atoms with Gasteiger partial charge in [0.25, 0.3) is 12.0 Å². The van der Waals surface area contributed by atoms with Crippen LogP contribution in [-0.4, -0.2) is 33.3 Å². The van der Waals surface area contributed by atoms with Gasteiger partial charge in [-0.3, -0.25) is 10.1 Å². The van der Waals surface area contributed by atoms with Crippen molar-refractivity contribution in [1.29, 1.82) is 0 Å². The van der Waals surface area contributed by atoms with E-state index in [1.54, 1.807) is 0 Å². The van der Waals surface area contributed by atoms with E-state index >= 15 is 0 Å². The summed E-state index contributed by atoms with van der Waals surface area (Å²) in [6.45, 7) is 0. The summed E-state index contributed by atoms with van der Waals surface area (Å²) in [6.07, 6.45) is -15.6. The highest BCUT2D eigenvalue weighted by molar-refractivity contribution is 5.41. The summed E-state index contributed by atoms with van der Waals surface area (Å²) in [5.41, 5.74) is 3.65. The monoisotopic (exact) mass is 306 g/mol. The number of hydrogen-bond donors (Lipinski definition) is 1. The summed E-state index contributed by atoms with van der Waals surface area (Å²) in [7, 11) is 0. The number of ether oxygens (including phenoxy) is 1. The van der Waals surface area contributed by atoms with Crippen LogP contribution >= 0.6 is 0 Å². The van der Waals surface area contributed by atoms with Crippen molar-refractivity contribution in [3.05, 3.63) is 16.3 Å². The number of nitro groups is 1. The van der Waals surface area contributed by atoms with Gasteiger partial charge in [-0.25, -0.2) is 4.98 Å². The largest absolute Gasteiger partial charge is 0.450 e. The molecule has 0 atom stereocenters. The molecule has 0 bridgehead atoms. The number of nitrogens with zero attached hydrogens (tertiary/aromatic N) is 3. The third kappa shape index (κ3) is 3.58. The lowest BCUT2D eigenvalue weighted by Gasteiger charge is -2.22. The Bertz CT molecular complexity index is 502. The standard InChI is InChI=1S/C7H4F6N4O3/c8-6(9,10)4(7(11,12)13)20-3-2(17(18)19)1-15-5(14)16-3/h1,4H,(H2,14,15,16). The third-order valence-corrected chi connectivity index (χ3v) is 1.78. The highest BCUT2D eigenvalue weighted by Gasteiger charge is 2.59. The van der Waals surface area contributed by atoms with Crippen molar-refractivity contribution < 1.29 is 36.0 Å². The Labute approximate surface area is 105 Å². The molecule has 0 saturated heterocycles. The first-order chi connectivity index (χ1) is 8.93. The minimum Gasteiger partial charge on any atom is -0.450 e. The molecule has 0 radical (unpaired) electrons. The van der Waals surface area contributed by atoms with Crippen LogP contribution in [0.5, 0.6) is 5.88 Å². The van der Waals surface area contributed by atoms with Gasteiger partial charge in [0.15, 0.2) is 0 Å². The summed E-state index contributed by atoms with van der Waals surface area (Å²) in [6, 6.07) is 0. The van der Waals surface area contributed by atoms with Crippen LogP contribution in [0.25, 0.3) is 0 Å². The highest BCUT2D eigenvalue weighted by atomic mass is 19.4. The van der Waals surface area contributed by atoms with Crippen LogP contribution in [0.4, 0.5) is 38.0 Å². The molecule has 0 aliphatic heterocycles. The van der Waals surface area contributed by atoms with Crippen molar-refractivity contribution in [2.75, 3.05) is 5.73 Å². The number of alkyl halides is 6. The van der Waals surface area contributed by atoms with Crippen molar-refractivity contribution in [3.8, 4) is 5.88 Å². The minimum atomic E-state index is -5.84. The Morgan fingerprint density at radius 2 is 1.75 bits per heavy atom. The van der Waals surface area contributed by atoms with E-state index in [-0.39, 0.29) is 0 Å². The molecular weight excluding hydrogens is 302 g/mol. The van der Waals surface area contributed by atoms with E-state index < -0.39 is 40.9 Å². The van der Waals surface area contributed by atoms with Crippen molar-refractivity contribution in [2.45, 2.75) is 18.5 Å². The van der Waals surface area contributed by atoms with Gasteiger partial charge >= 0.3 is 18.0 Å². The minimum absolute atomic E-state index is 0.335.